The van der Waals surface area contributed by atoms with Crippen LogP contribution in [0.5, 0.6) is 0 Å². The molecule has 74 valence electrons. The van der Waals surface area contributed by atoms with E-state index < -0.39 is 0 Å². The minimum atomic E-state index is -0.238. The number of hydrogen-bond donors (Lipinski definition) is 0. The van der Waals surface area contributed by atoms with Crippen LogP contribution in [0.4, 0.5) is 0 Å². The van der Waals surface area contributed by atoms with Crippen LogP contribution in [-0.4, -0.2) is 13.1 Å². The molecule has 0 aliphatic heterocycles. The highest BCUT2D eigenvalue weighted by molar-refractivity contribution is 7.24. The lowest BCUT2D eigenvalue weighted by atomic mass is 10.2. The summed E-state index contributed by atoms with van der Waals surface area (Å²) in [5.74, 6) is -0.238. The molecule has 2 nitrogen and oxygen atoms in total. The number of ether oxygens (including phenoxy) is 1. The topological polar surface area (TPSA) is 26.3 Å². The van der Waals surface area contributed by atoms with Gasteiger partial charge in [0, 0.05) is 20.3 Å². The van der Waals surface area contributed by atoms with Crippen molar-refractivity contribution in [3.05, 3.63) is 21.2 Å². The van der Waals surface area contributed by atoms with Crippen molar-refractivity contribution < 1.29 is 9.53 Å². The van der Waals surface area contributed by atoms with Gasteiger partial charge in [0.25, 0.3) is 0 Å². The van der Waals surface area contributed by atoms with Gasteiger partial charge in [-0.1, -0.05) is 6.92 Å². The maximum absolute atomic E-state index is 11.3. The fourth-order valence-corrected chi connectivity index (χ4v) is 3.49. The summed E-state index contributed by atoms with van der Waals surface area (Å²) in [6.07, 6.45) is 1.02. The average molecular weight is 226 g/mol. The summed E-state index contributed by atoms with van der Waals surface area (Å²) in [5.41, 5.74) is 0. The maximum atomic E-state index is 11.3. The first-order valence-electron chi connectivity index (χ1n) is 4.34. The van der Waals surface area contributed by atoms with Crippen LogP contribution in [0.15, 0.2) is 11.4 Å². The Bertz CT molecular complexity index is 467. The van der Waals surface area contributed by atoms with Gasteiger partial charge in [0.05, 0.1) is 7.11 Å². The molecule has 0 aliphatic carbocycles. The van der Waals surface area contributed by atoms with E-state index in [9.17, 15) is 4.79 Å². The van der Waals surface area contributed by atoms with Crippen LogP contribution < -0.4 is 0 Å². The van der Waals surface area contributed by atoms with E-state index in [2.05, 4.69) is 17.0 Å². The van der Waals surface area contributed by atoms with Gasteiger partial charge in [-0.2, -0.15) is 0 Å². The summed E-state index contributed by atoms with van der Waals surface area (Å²) in [4.78, 5) is 13.3. The Morgan fingerprint density at radius 3 is 3.00 bits per heavy atom. The molecule has 0 aliphatic rings. The first kappa shape index (κ1) is 9.68. The summed E-state index contributed by atoms with van der Waals surface area (Å²) in [6.45, 7) is 2.13. The fraction of sp³-hybridized carbons (Fsp3) is 0.300. The second-order valence-corrected chi connectivity index (χ2v) is 4.94. The molecule has 0 atom stereocenters. The minimum Gasteiger partial charge on any atom is -0.465 e. The monoisotopic (exact) mass is 226 g/mol. The van der Waals surface area contributed by atoms with E-state index in [1.54, 1.807) is 11.3 Å². The predicted molar refractivity (Wildman–Crippen MR) is 60.4 cm³/mol. The molecule has 2 aromatic rings. The van der Waals surface area contributed by atoms with E-state index in [4.69, 9.17) is 0 Å². The van der Waals surface area contributed by atoms with Crippen LogP contribution in [-0.2, 0) is 11.2 Å². The lowest BCUT2D eigenvalue weighted by Gasteiger charge is -1.91. The van der Waals surface area contributed by atoms with Gasteiger partial charge in [0.1, 0.15) is 4.88 Å². The Labute approximate surface area is 90.1 Å². The van der Waals surface area contributed by atoms with E-state index in [0.29, 0.717) is 4.88 Å². The molecule has 0 amide bonds. The largest absolute Gasteiger partial charge is 0.465 e. The van der Waals surface area contributed by atoms with Crippen molar-refractivity contribution in [2.45, 2.75) is 13.3 Å². The number of rotatable bonds is 2. The van der Waals surface area contributed by atoms with Gasteiger partial charge < -0.3 is 4.74 Å². The number of fused-ring (bicyclic) bond motifs is 1. The van der Waals surface area contributed by atoms with Crippen molar-refractivity contribution >= 4 is 38.7 Å². The van der Waals surface area contributed by atoms with Crippen LogP contribution in [0, 0.1) is 0 Å². The summed E-state index contributed by atoms with van der Waals surface area (Å²) in [6, 6.07) is 1.93. The van der Waals surface area contributed by atoms with Crippen LogP contribution in [0.1, 0.15) is 21.5 Å². The van der Waals surface area contributed by atoms with Crippen LogP contribution in [0.3, 0.4) is 0 Å². The summed E-state index contributed by atoms with van der Waals surface area (Å²) in [7, 11) is 1.41. The number of methoxy groups -OCH3 is 1. The number of hydrogen-bond acceptors (Lipinski definition) is 4. The van der Waals surface area contributed by atoms with E-state index in [1.807, 2.05) is 6.07 Å². The van der Waals surface area contributed by atoms with Gasteiger partial charge in [-0.15, -0.1) is 22.7 Å². The molecule has 0 saturated carbocycles. The highest BCUT2D eigenvalue weighted by Gasteiger charge is 2.12. The second kappa shape index (κ2) is 3.71. The Balaban J connectivity index is 2.52. The Morgan fingerprint density at radius 2 is 2.36 bits per heavy atom. The first-order valence-corrected chi connectivity index (χ1v) is 6.04. The quantitative estimate of drug-likeness (QED) is 0.734. The Kier molecular flexibility index (Phi) is 2.56. The van der Waals surface area contributed by atoms with E-state index >= 15 is 0 Å². The van der Waals surface area contributed by atoms with Crippen molar-refractivity contribution in [3.63, 3.8) is 0 Å². The van der Waals surface area contributed by atoms with Crippen molar-refractivity contribution in [1.82, 2.24) is 0 Å². The lowest BCUT2D eigenvalue weighted by Crippen LogP contribution is -1.96. The molecular weight excluding hydrogens is 216 g/mol. The smallest absolute Gasteiger partial charge is 0.348 e. The van der Waals surface area contributed by atoms with E-state index in [1.165, 1.54) is 33.4 Å². The molecule has 2 heterocycles. The molecule has 4 heteroatoms. The van der Waals surface area contributed by atoms with Gasteiger partial charge >= 0.3 is 5.97 Å². The molecule has 2 rings (SSSR count). The van der Waals surface area contributed by atoms with Gasteiger partial charge in [-0.05, 0) is 12.5 Å². The molecule has 14 heavy (non-hydrogen) atoms. The molecule has 0 bridgehead atoms. The van der Waals surface area contributed by atoms with Gasteiger partial charge in [0.15, 0.2) is 0 Å². The average Bonchev–Trinajstić information content (AvgIpc) is 2.74. The minimum absolute atomic E-state index is 0.238. The maximum Gasteiger partial charge on any atom is 0.348 e. The summed E-state index contributed by atoms with van der Waals surface area (Å²) >= 11 is 3.26. The van der Waals surface area contributed by atoms with Crippen molar-refractivity contribution in [3.8, 4) is 0 Å². The third-order valence-corrected chi connectivity index (χ3v) is 4.44. The van der Waals surface area contributed by atoms with Crippen molar-refractivity contribution in [2.24, 2.45) is 0 Å². The van der Waals surface area contributed by atoms with Crippen molar-refractivity contribution in [2.75, 3.05) is 7.11 Å². The number of thiophene rings is 2. The molecule has 0 saturated heterocycles. The zero-order chi connectivity index (χ0) is 10.1. The molecule has 0 aromatic carbocycles. The van der Waals surface area contributed by atoms with Crippen LogP contribution in [0.25, 0.3) is 10.1 Å². The van der Waals surface area contributed by atoms with Crippen LogP contribution in [0.2, 0.25) is 0 Å². The summed E-state index contributed by atoms with van der Waals surface area (Å²) < 4.78 is 5.87. The molecule has 2 aromatic heterocycles. The van der Waals surface area contributed by atoms with Gasteiger partial charge in [-0.25, -0.2) is 4.79 Å². The normalized spacial score (nSPS) is 10.7. The van der Waals surface area contributed by atoms with E-state index in [0.717, 1.165) is 6.42 Å². The molecule has 0 fully saturated rings. The molecular formula is C10H10O2S2. The molecule has 0 radical (unpaired) electrons. The Morgan fingerprint density at radius 1 is 1.57 bits per heavy atom. The summed E-state index contributed by atoms with van der Waals surface area (Å²) in [5, 5.41) is 3.31. The van der Waals surface area contributed by atoms with Crippen molar-refractivity contribution in [1.29, 1.82) is 0 Å². The Hall–Kier alpha value is -0.870. The number of carbonyl (C=O) groups excluding carboxylic acids is 1. The third kappa shape index (κ3) is 1.44. The number of aryl methyl sites for hydroxylation is 1. The van der Waals surface area contributed by atoms with E-state index in [-0.39, 0.29) is 5.97 Å². The third-order valence-electron chi connectivity index (χ3n) is 2.08. The highest BCUT2D eigenvalue weighted by Crippen LogP contribution is 2.33. The highest BCUT2D eigenvalue weighted by atomic mass is 32.1. The molecule has 0 N–H and O–H groups in total. The second-order valence-electron chi connectivity index (χ2n) is 2.89. The first-order chi connectivity index (χ1) is 6.76. The zero-order valence-electron chi connectivity index (χ0n) is 7.99. The molecule has 0 unspecified atom stereocenters. The van der Waals surface area contributed by atoms with Gasteiger partial charge in [-0.3, -0.25) is 0 Å². The number of carbonyl (C=O) groups is 1. The SMILES string of the molecule is CCc1scc2sc(C(=O)OC)cc12. The lowest BCUT2D eigenvalue weighted by molar-refractivity contribution is 0.0606. The molecule has 0 spiro atoms. The van der Waals surface area contributed by atoms with Crippen LogP contribution >= 0.6 is 22.7 Å². The number of esters is 1. The van der Waals surface area contributed by atoms with Gasteiger partial charge in [0.2, 0.25) is 0 Å². The fourth-order valence-electron chi connectivity index (χ4n) is 1.37. The zero-order valence-corrected chi connectivity index (χ0v) is 9.63. The standard InChI is InChI=1S/C10H10O2S2/c1-3-7-6-4-8(10(11)12-2)14-9(6)5-13-7/h4-5H,3H2,1-2H3. The predicted octanol–water partition coefficient (Wildman–Crippen LogP) is 3.31.